The lowest BCUT2D eigenvalue weighted by atomic mass is 9.97. The zero-order valence-corrected chi connectivity index (χ0v) is 9.62. The van der Waals surface area contributed by atoms with E-state index in [1.54, 1.807) is 0 Å². The highest BCUT2D eigenvalue weighted by atomic mass is 35.5. The molecule has 0 atom stereocenters. The van der Waals surface area contributed by atoms with Gasteiger partial charge < -0.3 is 10.6 Å². The van der Waals surface area contributed by atoms with E-state index >= 15 is 0 Å². The maximum atomic E-state index is 5.65. The van der Waals surface area contributed by atoms with Gasteiger partial charge in [0.25, 0.3) is 0 Å². The number of rotatable bonds is 2. The molecule has 1 fully saturated rings. The van der Waals surface area contributed by atoms with Crippen LogP contribution in [0.15, 0.2) is 24.4 Å². The molecule has 1 aliphatic heterocycles. The average Bonchev–Trinajstić information content (AvgIpc) is 2.30. The van der Waals surface area contributed by atoms with Gasteiger partial charge in [0.05, 0.1) is 0 Å². The van der Waals surface area contributed by atoms with Crippen molar-refractivity contribution >= 4 is 18.2 Å². The van der Waals surface area contributed by atoms with Crippen LogP contribution in [0.5, 0.6) is 0 Å². The lowest BCUT2D eigenvalue weighted by molar-refractivity contribution is 0.413. The van der Waals surface area contributed by atoms with E-state index in [1.165, 1.54) is 12.8 Å². The smallest absolute Gasteiger partial charge is 0.128 e. The molecule has 4 heteroatoms. The first-order valence-electron chi connectivity index (χ1n) is 5.26. The van der Waals surface area contributed by atoms with Crippen LogP contribution in [0.2, 0.25) is 0 Å². The van der Waals surface area contributed by atoms with Crippen molar-refractivity contribution in [3.8, 4) is 0 Å². The third kappa shape index (κ3) is 3.08. The van der Waals surface area contributed by atoms with Gasteiger partial charge in [-0.25, -0.2) is 4.98 Å². The second-order valence-corrected chi connectivity index (χ2v) is 3.85. The molecule has 1 aromatic heterocycles. The predicted octanol–water partition coefficient (Wildman–Crippen LogP) is 1.68. The van der Waals surface area contributed by atoms with E-state index < -0.39 is 0 Å². The molecule has 3 nitrogen and oxygen atoms in total. The van der Waals surface area contributed by atoms with Crippen LogP contribution in [0.1, 0.15) is 12.8 Å². The number of nitrogens with zero attached hydrogens (tertiary/aromatic N) is 2. The second kappa shape index (κ2) is 5.93. The van der Waals surface area contributed by atoms with E-state index in [0.29, 0.717) is 0 Å². The molecule has 0 aliphatic carbocycles. The Hall–Kier alpha value is -0.800. The summed E-state index contributed by atoms with van der Waals surface area (Å²) >= 11 is 0. The number of piperidine rings is 1. The largest absolute Gasteiger partial charge is 0.357 e. The topological polar surface area (TPSA) is 42.1 Å². The van der Waals surface area contributed by atoms with Crippen molar-refractivity contribution in [2.24, 2.45) is 11.7 Å². The summed E-state index contributed by atoms with van der Waals surface area (Å²) in [6.45, 7) is 3.02. The molecule has 2 heterocycles. The van der Waals surface area contributed by atoms with Crippen LogP contribution in [-0.4, -0.2) is 24.6 Å². The molecule has 0 bridgehead atoms. The van der Waals surface area contributed by atoms with Crippen molar-refractivity contribution < 1.29 is 0 Å². The van der Waals surface area contributed by atoms with Crippen LogP contribution in [0.3, 0.4) is 0 Å². The van der Waals surface area contributed by atoms with Crippen molar-refractivity contribution in [2.45, 2.75) is 12.8 Å². The Morgan fingerprint density at radius 3 is 2.60 bits per heavy atom. The molecule has 0 unspecified atom stereocenters. The summed E-state index contributed by atoms with van der Waals surface area (Å²) in [5, 5.41) is 0. The Labute approximate surface area is 97.1 Å². The zero-order valence-electron chi connectivity index (χ0n) is 8.80. The molecule has 0 amide bonds. The van der Waals surface area contributed by atoms with Crippen LogP contribution in [-0.2, 0) is 0 Å². The van der Waals surface area contributed by atoms with E-state index in [2.05, 4.69) is 16.0 Å². The first-order valence-corrected chi connectivity index (χ1v) is 5.26. The lowest BCUT2D eigenvalue weighted by Gasteiger charge is -2.32. The van der Waals surface area contributed by atoms with Crippen molar-refractivity contribution in [3.05, 3.63) is 24.4 Å². The summed E-state index contributed by atoms with van der Waals surface area (Å²) in [6, 6.07) is 6.07. The fraction of sp³-hybridized carbons (Fsp3) is 0.545. The van der Waals surface area contributed by atoms with E-state index in [-0.39, 0.29) is 12.4 Å². The van der Waals surface area contributed by atoms with Gasteiger partial charge in [-0.3, -0.25) is 0 Å². The number of aromatic nitrogens is 1. The van der Waals surface area contributed by atoms with Gasteiger partial charge in [0.2, 0.25) is 0 Å². The summed E-state index contributed by atoms with van der Waals surface area (Å²) < 4.78 is 0. The molecule has 84 valence electrons. The second-order valence-electron chi connectivity index (χ2n) is 3.85. The fourth-order valence-electron chi connectivity index (χ4n) is 1.94. The van der Waals surface area contributed by atoms with Crippen LogP contribution in [0, 0.1) is 5.92 Å². The van der Waals surface area contributed by atoms with Gasteiger partial charge in [-0.2, -0.15) is 0 Å². The van der Waals surface area contributed by atoms with Crippen molar-refractivity contribution in [3.63, 3.8) is 0 Å². The number of anilines is 1. The minimum atomic E-state index is 0. The minimum Gasteiger partial charge on any atom is -0.357 e. The number of hydrogen-bond acceptors (Lipinski definition) is 3. The van der Waals surface area contributed by atoms with Gasteiger partial charge in [-0.05, 0) is 37.4 Å². The van der Waals surface area contributed by atoms with Crippen molar-refractivity contribution in [1.29, 1.82) is 0 Å². The third-order valence-electron chi connectivity index (χ3n) is 2.92. The number of nitrogens with two attached hydrogens (primary N) is 1. The predicted molar refractivity (Wildman–Crippen MR) is 65.5 cm³/mol. The summed E-state index contributed by atoms with van der Waals surface area (Å²) in [4.78, 5) is 6.69. The Morgan fingerprint density at radius 2 is 2.07 bits per heavy atom. The SMILES string of the molecule is Cl.NCC1CCN(c2ccccn2)CC1. The summed E-state index contributed by atoms with van der Waals surface area (Å²) in [5.74, 6) is 1.82. The van der Waals surface area contributed by atoms with E-state index in [1.807, 2.05) is 18.3 Å². The number of halogens is 1. The zero-order chi connectivity index (χ0) is 9.80. The lowest BCUT2D eigenvalue weighted by Crippen LogP contribution is -2.36. The Kier molecular flexibility index (Phi) is 4.85. The van der Waals surface area contributed by atoms with Crippen LogP contribution < -0.4 is 10.6 Å². The van der Waals surface area contributed by atoms with E-state index in [9.17, 15) is 0 Å². The van der Waals surface area contributed by atoms with Gasteiger partial charge in [0.15, 0.2) is 0 Å². The van der Waals surface area contributed by atoms with Crippen LogP contribution in [0.25, 0.3) is 0 Å². The van der Waals surface area contributed by atoms with Gasteiger partial charge in [-0.15, -0.1) is 12.4 Å². The highest BCUT2D eigenvalue weighted by Crippen LogP contribution is 2.20. The monoisotopic (exact) mass is 227 g/mol. The quantitative estimate of drug-likeness (QED) is 0.836. The molecule has 0 spiro atoms. The number of pyridine rings is 1. The first-order chi connectivity index (χ1) is 6.90. The van der Waals surface area contributed by atoms with Crippen molar-refractivity contribution in [1.82, 2.24) is 4.98 Å². The molecule has 0 aromatic carbocycles. The Balaban J connectivity index is 0.00000112. The van der Waals surface area contributed by atoms with Gasteiger partial charge in [0.1, 0.15) is 5.82 Å². The molecule has 1 saturated heterocycles. The molecule has 2 N–H and O–H groups in total. The number of hydrogen-bond donors (Lipinski definition) is 1. The van der Waals surface area contributed by atoms with Crippen LogP contribution in [0.4, 0.5) is 5.82 Å². The van der Waals surface area contributed by atoms with Gasteiger partial charge in [-0.1, -0.05) is 6.07 Å². The van der Waals surface area contributed by atoms with Gasteiger partial charge in [0, 0.05) is 19.3 Å². The Morgan fingerprint density at radius 1 is 1.33 bits per heavy atom. The summed E-state index contributed by atoms with van der Waals surface area (Å²) in [6.07, 6.45) is 4.25. The maximum Gasteiger partial charge on any atom is 0.128 e. The Bertz CT molecular complexity index is 270. The molecule has 0 saturated carbocycles. The normalized spacial score (nSPS) is 17.3. The third-order valence-corrected chi connectivity index (χ3v) is 2.92. The van der Waals surface area contributed by atoms with Crippen LogP contribution >= 0.6 is 12.4 Å². The fourth-order valence-corrected chi connectivity index (χ4v) is 1.94. The van der Waals surface area contributed by atoms with Crippen molar-refractivity contribution in [2.75, 3.05) is 24.5 Å². The molecular weight excluding hydrogens is 210 g/mol. The molecule has 1 aliphatic rings. The van der Waals surface area contributed by atoms with Gasteiger partial charge >= 0.3 is 0 Å². The molecule has 15 heavy (non-hydrogen) atoms. The highest BCUT2D eigenvalue weighted by Gasteiger charge is 2.18. The molecule has 2 rings (SSSR count). The molecule has 1 aromatic rings. The maximum absolute atomic E-state index is 5.65. The first kappa shape index (κ1) is 12.3. The minimum absolute atomic E-state index is 0. The highest BCUT2D eigenvalue weighted by molar-refractivity contribution is 5.85. The van der Waals surface area contributed by atoms with E-state index in [4.69, 9.17) is 5.73 Å². The summed E-state index contributed by atoms with van der Waals surface area (Å²) in [7, 11) is 0. The summed E-state index contributed by atoms with van der Waals surface area (Å²) in [5.41, 5.74) is 5.65. The molecular formula is C11H18ClN3. The average molecular weight is 228 g/mol. The van der Waals surface area contributed by atoms with E-state index in [0.717, 1.165) is 31.4 Å². The molecule has 0 radical (unpaired) electrons. The standard InChI is InChI=1S/C11H17N3.ClH/c12-9-10-4-7-14(8-5-10)11-3-1-2-6-13-11;/h1-3,6,10H,4-5,7-9,12H2;1H.